The van der Waals surface area contributed by atoms with Crippen molar-refractivity contribution in [1.82, 2.24) is 4.90 Å². The summed E-state index contributed by atoms with van der Waals surface area (Å²) in [7, 11) is 0. The molecule has 0 N–H and O–H groups in total. The van der Waals surface area contributed by atoms with Crippen molar-refractivity contribution in [3.63, 3.8) is 0 Å². The molecule has 2 aromatic carbocycles. The average Bonchev–Trinajstić information content (AvgIpc) is 3.38. The molecule has 4 nitrogen and oxygen atoms in total. The SMILES string of the molecule is CCC(C)(C)C(=O)C(=O)N1CCC[C@H]1C(=O)C(CCCc1ccccc1)CCCc1ccccc1. The lowest BCUT2D eigenvalue weighted by Crippen LogP contribution is -2.48. The second kappa shape index (κ2) is 12.8. The minimum atomic E-state index is -0.696. The monoisotopic (exact) mass is 475 g/mol. The molecule has 1 atom stereocenters. The number of hydrogen-bond donors (Lipinski definition) is 0. The van der Waals surface area contributed by atoms with E-state index in [-0.39, 0.29) is 17.5 Å². The number of hydrogen-bond acceptors (Lipinski definition) is 3. The van der Waals surface area contributed by atoms with Crippen LogP contribution in [-0.2, 0) is 27.2 Å². The molecule has 188 valence electrons. The topological polar surface area (TPSA) is 54.5 Å². The molecular weight excluding hydrogens is 434 g/mol. The van der Waals surface area contributed by atoms with Crippen LogP contribution in [0.5, 0.6) is 0 Å². The minimum Gasteiger partial charge on any atom is -0.326 e. The third-order valence-corrected chi connectivity index (χ3v) is 7.66. The lowest BCUT2D eigenvalue weighted by Gasteiger charge is -2.29. The molecule has 0 radical (unpaired) electrons. The van der Waals surface area contributed by atoms with Crippen molar-refractivity contribution in [2.24, 2.45) is 11.3 Å². The lowest BCUT2D eigenvalue weighted by molar-refractivity contribution is -0.151. The highest BCUT2D eigenvalue weighted by Crippen LogP contribution is 2.29. The second-order valence-electron chi connectivity index (χ2n) is 10.6. The quantitative estimate of drug-likeness (QED) is 0.324. The van der Waals surface area contributed by atoms with Gasteiger partial charge in [0.25, 0.3) is 5.91 Å². The maximum Gasteiger partial charge on any atom is 0.291 e. The molecule has 35 heavy (non-hydrogen) atoms. The van der Waals surface area contributed by atoms with Gasteiger partial charge in [-0.2, -0.15) is 0 Å². The summed E-state index contributed by atoms with van der Waals surface area (Å²) in [5.74, 6) is -0.779. The smallest absolute Gasteiger partial charge is 0.291 e. The molecular formula is C31H41NO3. The van der Waals surface area contributed by atoms with Crippen molar-refractivity contribution in [3.05, 3.63) is 71.8 Å². The van der Waals surface area contributed by atoms with Crippen LogP contribution in [0.4, 0.5) is 0 Å². The standard InChI is InChI=1S/C31H41NO3/c1-4-31(2,3)29(34)30(35)32-23-13-22-27(32)28(33)26(20-11-18-24-14-7-5-8-15-24)21-12-19-25-16-9-6-10-17-25/h5-10,14-17,26-27H,4,11-13,18-23H2,1-3H3/t27-/m0/s1. The van der Waals surface area contributed by atoms with Gasteiger partial charge in [0.1, 0.15) is 0 Å². The highest BCUT2D eigenvalue weighted by molar-refractivity contribution is 6.38. The first-order valence-corrected chi connectivity index (χ1v) is 13.3. The van der Waals surface area contributed by atoms with Crippen molar-refractivity contribution in [2.75, 3.05) is 6.54 Å². The summed E-state index contributed by atoms with van der Waals surface area (Å²) in [5.41, 5.74) is 1.87. The molecule has 1 aliphatic heterocycles. The van der Waals surface area contributed by atoms with E-state index in [9.17, 15) is 14.4 Å². The summed E-state index contributed by atoms with van der Waals surface area (Å²) in [6, 6.07) is 20.3. The zero-order chi connectivity index (χ0) is 25.3. The Morgan fingerprint density at radius 1 is 0.886 bits per heavy atom. The number of likely N-dealkylation sites (tertiary alicyclic amines) is 1. The van der Waals surface area contributed by atoms with Gasteiger partial charge in [0.2, 0.25) is 5.78 Å². The van der Waals surface area contributed by atoms with Gasteiger partial charge in [-0.05, 0) is 68.9 Å². The zero-order valence-corrected chi connectivity index (χ0v) is 21.7. The van der Waals surface area contributed by atoms with E-state index in [2.05, 4.69) is 48.5 Å². The van der Waals surface area contributed by atoms with Crippen LogP contribution < -0.4 is 0 Å². The number of nitrogens with zero attached hydrogens (tertiary/aromatic N) is 1. The molecule has 1 fully saturated rings. The third kappa shape index (κ3) is 7.37. The van der Waals surface area contributed by atoms with Crippen molar-refractivity contribution in [2.45, 2.75) is 84.6 Å². The Hall–Kier alpha value is -2.75. The zero-order valence-electron chi connectivity index (χ0n) is 21.7. The van der Waals surface area contributed by atoms with Crippen LogP contribution in [0.15, 0.2) is 60.7 Å². The molecule has 1 saturated heterocycles. The second-order valence-corrected chi connectivity index (χ2v) is 10.6. The van der Waals surface area contributed by atoms with E-state index < -0.39 is 17.4 Å². The summed E-state index contributed by atoms with van der Waals surface area (Å²) in [6.45, 7) is 6.06. The van der Waals surface area contributed by atoms with Crippen molar-refractivity contribution in [3.8, 4) is 0 Å². The molecule has 0 aliphatic carbocycles. The van der Waals surface area contributed by atoms with Gasteiger partial charge in [-0.1, -0.05) is 81.4 Å². The predicted molar refractivity (Wildman–Crippen MR) is 141 cm³/mol. The fourth-order valence-electron chi connectivity index (χ4n) is 4.98. The Labute approximate surface area is 211 Å². The van der Waals surface area contributed by atoms with Crippen LogP contribution in [0.25, 0.3) is 0 Å². The number of aryl methyl sites for hydroxylation is 2. The van der Waals surface area contributed by atoms with Crippen LogP contribution in [0, 0.1) is 11.3 Å². The van der Waals surface area contributed by atoms with E-state index in [1.165, 1.54) is 11.1 Å². The van der Waals surface area contributed by atoms with Gasteiger partial charge in [0, 0.05) is 17.9 Å². The Morgan fingerprint density at radius 3 is 1.89 bits per heavy atom. The maximum absolute atomic E-state index is 13.8. The highest BCUT2D eigenvalue weighted by atomic mass is 16.2. The van der Waals surface area contributed by atoms with Gasteiger partial charge in [0.15, 0.2) is 5.78 Å². The lowest BCUT2D eigenvalue weighted by atomic mass is 9.83. The normalized spacial score (nSPS) is 16.0. The molecule has 4 heteroatoms. The first-order valence-electron chi connectivity index (χ1n) is 13.3. The summed E-state index contributed by atoms with van der Waals surface area (Å²) in [6.07, 6.45) is 7.44. The summed E-state index contributed by atoms with van der Waals surface area (Å²) < 4.78 is 0. The van der Waals surface area contributed by atoms with E-state index in [4.69, 9.17) is 0 Å². The number of benzene rings is 2. The number of carbonyl (C=O) groups excluding carboxylic acids is 3. The Balaban J connectivity index is 1.68. The predicted octanol–water partition coefficient (Wildman–Crippen LogP) is 6.21. The first-order chi connectivity index (χ1) is 16.8. The van der Waals surface area contributed by atoms with Crippen LogP contribution in [0.2, 0.25) is 0 Å². The summed E-state index contributed by atoms with van der Waals surface area (Å²) in [4.78, 5) is 41.4. The van der Waals surface area contributed by atoms with Gasteiger partial charge >= 0.3 is 0 Å². The molecule has 0 aromatic heterocycles. The van der Waals surface area contributed by atoms with Crippen molar-refractivity contribution < 1.29 is 14.4 Å². The van der Waals surface area contributed by atoms with Crippen molar-refractivity contribution >= 4 is 17.5 Å². The molecule has 0 bridgehead atoms. The fourth-order valence-corrected chi connectivity index (χ4v) is 4.98. The molecule has 0 unspecified atom stereocenters. The number of carbonyl (C=O) groups is 3. The highest BCUT2D eigenvalue weighted by Gasteiger charge is 2.42. The Bertz CT molecular complexity index is 922. The molecule has 0 spiro atoms. The van der Waals surface area contributed by atoms with Gasteiger partial charge in [-0.15, -0.1) is 0 Å². The van der Waals surface area contributed by atoms with Gasteiger partial charge in [-0.3, -0.25) is 14.4 Å². The number of rotatable bonds is 13. The van der Waals surface area contributed by atoms with E-state index >= 15 is 0 Å². The Morgan fingerprint density at radius 2 is 1.40 bits per heavy atom. The van der Waals surface area contributed by atoms with Crippen LogP contribution in [0.3, 0.4) is 0 Å². The van der Waals surface area contributed by atoms with E-state index in [1.54, 1.807) is 4.90 Å². The largest absolute Gasteiger partial charge is 0.326 e. The number of ketones is 2. The van der Waals surface area contributed by atoms with E-state index in [1.807, 2.05) is 32.9 Å². The molecule has 3 rings (SSSR count). The van der Waals surface area contributed by atoms with Crippen LogP contribution in [0.1, 0.15) is 76.8 Å². The van der Waals surface area contributed by atoms with Gasteiger partial charge in [0.05, 0.1) is 6.04 Å². The van der Waals surface area contributed by atoms with Gasteiger partial charge in [-0.25, -0.2) is 0 Å². The van der Waals surface area contributed by atoms with E-state index in [0.29, 0.717) is 19.4 Å². The average molecular weight is 476 g/mol. The van der Waals surface area contributed by atoms with Crippen LogP contribution >= 0.6 is 0 Å². The number of amides is 1. The molecule has 0 saturated carbocycles. The summed E-state index contributed by atoms with van der Waals surface area (Å²) >= 11 is 0. The first kappa shape index (κ1) is 26.8. The Kier molecular flexibility index (Phi) is 9.83. The molecule has 1 heterocycles. The van der Waals surface area contributed by atoms with E-state index in [0.717, 1.165) is 44.9 Å². The van der Waals surface area contributed by atoms with Crippen molar-refractivity contribution in [1.29, 1.82) is 0 Å². The molecule has 1 aliphatic rings. The van der Waals surface area contributed by atoms with Gasteiger partial charge < -0.3 is 4.90 Å². The summed E-state index contributed by atoms with van der Waals surface area (Å²) in [5, 5.41) is 0. The maximum atomic E-state index is 13.8. The third-order valence-electron chi connectivity index (χ3n) is 7.66. The minimum absolute atomic E-state index is 0.0879. The molecule has 2 aromatic rings. The fraction of sp³-hybridized carbons (Fsp3) is 0.516. The number of Topliss-reactive ketones (excluding diaryl/α,β-unsaturated/α-hetero) is 2. The molecule has 1 amide bonds. The van der Waals surface area contributed by atoms with Crippen LogP contribution in [-0.4, -0.2) is 35.0 Å².